The van der Waals surface area contributed by atoms with E-state index in [4.69, 9.17) is 0 Å². The largest absolute Gasteiger partial charge is 0.350 e. The van der Waals surface area contributed by atoms with Crippen molar-refractivity contribution < 1.29 is 4.79 Å². The summed E-state index contributed by atoms with van der Waals surface area (Å²) in [7, 11) is 1.84. The highest BCUT2D eigenvalue weighted by atomic mass is 35.5. The molecule has 1 amide bonds. The van der Waals surface area contributed by atoms with Crippen molar-refractivity contribution in [3.8, 4) is 5.69 Å². The van der Waals surface area contributed by atoms with Gasteiger partial charge in [-0.05, 0) is 28.9 Å². The van der Waals surface area contributed by atoms with Crippen molar-refractivity contribution in [2.24, 2.45) is 0 Å². The van der Waals surface area contributed by atoms with Gasteiger partial charge in [0.25, 0.3) is 5.91 Å². The van der Waals surface area contributed by atoms with Gasteiger partial charge in [0.1, 0.15) is 11.2 Å². The smallest absolute Gasteiger partial charge is 0.263 e. The zero-order valence-electron chi connectivity index (χ0n) is 9.66. The SMILES string of the molecule is CNCCNC(=O)c1sccc1-n1cnnn1.Cl. The molecule has 2 aromatic heterocycles. The van der Waals surface area contributed by atoms with E-state index in [2.05, 4.69) is 26.2 Å². The summed E-state index contributed by atoms with van der Waals surface area (Å²) in [5, 5.41) is 18.5. The van der Waals surface area contributed by atoms with Crippen LogP contribution in [-0.4, -0.2) is 46.3 Å². The predicted octanol–water partition coefficient (Wildman–Crippen LogP) is 0.0948. The second-order valence-corrected chi connectivity index (χ2v) is 4.16. The number of thiophene rings is 1. The molecule has 2 N–H and O–H groups in total. The molecule has 0 spiro atoms. The number of hydrogen-bond acceptors (Lipinski definition) is 6. The Bertz CT molecular complexity index is 485. The minimum Gasteiger partial charge on any atom is -0.350 e. The van der Waals surface area contributed by atoms with Crippen LogP contribution < -0.4 is 10.6 Å². The number of nitrogens with zero attached hydrogens (tertiary/aromatic N) is 4. The van der Waals surface area contributed by atoms with Crippen LogP contribution in [0.15, 0.2) is 17.8 Å². The number of halogens is 1. The first-order valence-corrected chi connectivity index (χ1v) is 5.94. The van der Waals surface area contributed by atoms with E-state index in [1.165, 1.54) is 22.3 Å². The molecule has 0 saturated heterocycles. The van der Waals surface area contributed by atoms with E-state index in [0.29, 0.717) is 17.1 Å². The highest BCUT2D eigenvalue weighted by Crippen LogP contribution is 2.19. The van der Waals surface area contributed by atoms with Gasteiger partial charge in [0.05, 0.1) is 5.69 Å². The van der Waals surface area contributed by atoms with E-state index in [-0.39, 0.29) is 18.3 Å². The summed E-state index contributed by atoms with van der Waals surface area (Å²) in [6.45, 7) is 1.32. The number of amides is 1. The lowest BCUT2D eigenvalue weighted by molar-refractivity contribution is 0.0958. The van der Waals surface area contributed by atoms with E-state index >= 15 is 0 Å². The molecule has 0 bridgehead atoms. The Morgan fingerprint density at radius 3 is 3.00 bits per heavy atom. The second kappa shape index (κ2) is 7.04. The fourth-order valence-electron chi connectivity index (χ4n) is 1.31. The van der Waals surface area contributed by atoms with Gasteiger partial charge in [-0.25, -0.2) is 0 Å². The third kappa shape index (κ3) is 3.25. The summed E-state index contributed by atoms with van der Waals surface area (Å²) in [5.74, 6) is -0.110. The molecule has 9 heteroatoms. The summed E-state index contributed by atoms with van der Waals surface area (Å²) in [4.78, 5) is 12.5. The molecule has 2 rings (SSSR count). The van der Waals surface area contributed by atoms with Crippen molar-refractivity contribution in [2.75, 3.05) is 20.1 Å². The Morgan fingerprint density at radius 1 is 1.50 bits per heavy atom. The first kappa shape index (κ1) is 14.6. The Kier molecular flexibility index (Phi) is 5.69. The maximum absolute atomic E-state index is 11.9. The van der Waals surface area contributed by atoms with Gasteiger partial charge in [-0.15, -0.1) is 28.8 Å². The molecule has 0 saturated carbocycles. The van der Waals surface area contributed by atoms with Gasteiger partial charge in [0, 0.05) is 13.1 Å². The van der Waals surface area contributed by atoms with Crippen LogP contribution in [0, 0.1) is 0 Å². The molecule has 98 valence electrons. The van der Waals surface area contributed by atoms with Crippen LogP contribution in [-0.2, 0) is 0 Å². The average molecular weight is 289 g/mol. The van der Waals surface area contributed by atoms with Crippen LogP contribution in [0.5, 0.6) is 0 Å². The van der Waals surface area contributed by atoms with Crippen LogP contribution in [0.25, 0.3) is 5.69 Å². The average Bonchev–Trinajstić information content (AvgIpc) is 2.99. The van der Waals surface area contributed by atoms with Crippen molar-refractivity contribution in [2.45, 2.75) is 0 Å². The number of aromatic nitrogens is 4. The van der Waals surface area contributed by atoms with Crippen molar-refractivity contribution in [3.63, 3.8) is 0 Å². The van der Waals surface area contributed by atoms with Gasteiger partial charge in [-0.3, -0.25) is 4.79 Å². The molecular weight excluding hydrogens is 276 g/mol. The zero-order chi connectivity index (χ0) is 12.1. The van der Waals surface area contributed by atoms with E-state index in [1.807, 2.05) is 18.5 Å². The summed E-state index contributed by atoms with van der Waals surface area (Å²) >= 11 is 1.37. The minimum atomic E-state index is -0.110. The van der Waals surface area contributed by atoms with Crippen LogP contribution in [0.3, 0.4) is 0 Å². The fourth-order valence-corrected chi connectivity index (χ4v) is 2.10. The molecule has 7 nitrogen and oxygen atoms in total. The lowest BCUT2D eigenvalue weighted by Crippen LogP contribution is -2.30. The van der Waals surface area contributed by atoms with Crippen LogP contribution in [0.4, 0.5) is 0 Å². The summed E-state index contributed by atoms with van der Waals surface area (Å²) in [6, 6.07) is 1.81. The molecule has 2 heterocycles. The van der Waals surface area contributed by atoms with Gasteiger partial charge in [0.2, 0.25) is 0 Å². The fraction of sp³-hybridized carbons (Fsp3) is 0.333. The van der Waals surface area contributed by atoms with Gasteiger partial charge in [-0.1, -0.05) is 0 Å². The van der Waals surface area contributed by atoms with Gasteiger partial charge in [0.15, 0.2) is 0 Å². The number of carbonyl (C=O) groups is 1. The molecule has 0 aliphatic heterocycles. The van der Waals surface area contributed by atoms with Gasteiger partial charge in [-0.2, -0.15) is 4.68 Å². The Morgan fingerprint density at radius 2 is 2.33 bits per heavy atom. The van der Waals surface area contributed by atoms with E-state index in [9.17, 15) is 4.79 Å². The Labute approximate surface area is 114 Å². The molecular formula is C9H13ClN6OS. The van der Waals surface area contributed by atoms with Crippen molar-refractivity contribution in [1.82, 2.24) is 30.8 Å². The maximum atomic E-state index is 11.9. The third-order valence-corrected chi connectivity index (χ3v) is 3.01. The monoisotopic (exact) mass is 288 g/mol. The first-order valence-electron chi connectivity index (χ1n) is 5.06. The molecule has 0 aliphatic carbocycles. The second-order valence-electron chi connectivity index (χ2n) is 3.25. The number of rotatable bonds is 5. The topological polar surface area (TPSA) is 84.7 Å². The number of tetrazole rings is 1. The molecule has 0 fully saturated rings. The Balaban J connectivity index is 0.00000162. The molecule has 2 aromatic rings. The molecule has 0 aliphatic rings. The number of nitrogens with one attached hydrogen (secondary N) is 2. The van der Waals surface area contributed by atoms with E-state index < -0.39 is 0 Å². The molecule has 0 aromatic carbocycles. The molecule has 0 atom stereocenters. The number of carbonyl (C=O) groups excluding carboxylic acids is 1. The Hall–Kier alpha value is -1.51. The number of likely N-dealkylation sites (N-methyl/N-ethyl adjacent to an activating group) is 1. The summed E-state index contributed by atoms with van der Waals surface area (Å²) in [6.07, 6.45) is 1.46. The molecule has 0 unspecified atom stereocenters. The van der Waals surface area contributed by atoms with E-state index in [1.54, 1.807) is 0 Å². The predicted molar refractivity (Wildman–Crippen MR) is 70.5 cm³/mol. The standard InChI is InChI=1S/C9H12N6OS.ClH/c1-10-3-4-11-9(16)8-7(2-5-17-8)15-6-12-13-14-15;/h2,5-6,10H,3-4H2,1H3,(H,11,16);1H. The minimum absolute atomic E-state index is 0. The third-order valence-electron chi connectivity index (χ3n) is 2.11. The van der Waals surface area contributed by atoms with Crippen molar-refractivity contribution in [3.05, 3.63) is 22.7 Å². The summed E-state index contributed by atoms with van der Waals surface area (Å²) in [5.41, 5.74) is 0.696. The van der Waals surface area contributed by atoms with Crippen LogP contribution >= 0.6 is 23.7 Å². The highest BCUT2D eigenvalue weighted by molar-refractivity contribution is 7.12. The van der Waals surface area contributed by atoms with E-state index in [0.717, 1.165) is 6.54 Å². The van der Waals surface area contributed by atoms with Crippen molar-refractivity contribution in [1.29, 1.82) is 0 Å². The summed E-state index contributed by atoms with van der Waals surface area (Å²) < 4.78 is 1.48. The maximum Gasteiger partial charge on any atom is 0.263 e. The quantitative estimate of drug-likeness (QED) is 0.762. The van der Waals surface area contributed by atoms with Gasteiger partial charge < -0.3 is 10.6 Å². The normalized spacial score (nSPS) is 9.83. The molecule has 18 heavy (non-hydrogen) atoms. The lowest BCUT2D eigenvalue weighted by Gasteiger charge is -2.04. The van der Waals surface area contributed by atoms with Crippen LogP contribution in [0.2, 0.25) is 0 Å². The van der Waals surface area contributed by atoms with Crippen LogP contribution in [0.1, 0.15) is 9.67 Å². The van der Waals surface area contributed by atoms with Crippen molar-refractivity contribution >= 4 is 29.7 Å². The highest BCUT2D eigenvalue weighted by Gasteiger charge is 2.14. The lowest BCUT2D eigenvalue weighted by atomic mass is 10.3. The zero-order valence-corrected chi connectivity index (χ0v) is 11.3. The first-order chi connectivity index (χ1) is 8.33. The number of hydrogen-bond donors (Lipinski definition) is 2. The van der Waals surface area contributed by atoms with Gasteiger partial charge >= 0.3 is 0 Å². The molecule has 0 radical (unpaired) electrons.